The number of nitrogens with zero attached hydrogens (tertiary/aromatic N) is 3. The van der Waals surface area contributed by atoms with Crippen molar-refractivity contribution in [3.63, 3.8) is 0 Å². The number of hydrogen-bond donors (Lipinski definition) is 1. The van der Waals surface area contributed by atoms with Crippen LogP contribution in [0.15, 0.2) is 41.1 Å². The monoisotopic (exact) mass is 204 g/mol. The number of aliphatic imine (C=N–C) groups is 1. The van der Waals surface area contributed by atoms with Crippen LogP contribution in [-0.2, 0) is 0 Å². The maximum atomic E-state index is 4.11. The van der Waals surface area contributed by atoms with Crippen LogP contribution in [0.25, 0.3) is 0 Å². The van der Waals surface area contributed by atoms with Crippen molar-refractivity contribution in [2.24, 2.45) is 4.99 Å². The fourth-order valence-corrected chi connectivity index (χ4v) is 1.37. The van der Waals surface area contributed by atoms with Gasteiger partial charge in [-0.2, -0.15) is 0 Å². The summed E-state index contributed by atoms with van der Waals surface area (Å²) in [4.78, 5) is 12.1. The molecule has 2 rings (SSSR count). The molecule has 2 aromatic heterocycles. The van der Waals surface area contributed by atoms with E-state index < -0.39 is 0 Å². The minimum absolute atomic E-state index is 0.737. The average Bonchev–Trinajstić information content (AvgIpc) is 2.72. The minimum Gasteiger partial charge on any atom is -0.345 e. The third-order valence-electron chi connectivity index (χ3n) is 1.49. The predicted octanol–water partition coefficient (Wildman–Crippen LogP) is 2.31. The van der Waals surface area contributed by atoms with E-state index in [1.54, 1.807) is 24.9 Å². The summed E-state index contributed by atoms with van der Waals surface area (Å²) in [6.45, 7) is 0. The van der Waals surface area contributed by atoms with Crippen LogP contribution < -0.4 is 5.32 Å². The maximum absolute atomic E-state index is 4.11. The molecule has 0 aliphatic rings. The molecule has 2 aromatic rings. The highest BCUT2D eigenvalue weighted by Crippen LogP contribution is 2.13. The van der Waals surface area contributed by atoms with Crippen LogP contribution in [0.5, 0.6) is 0 Å². The zero-order valence-electron chi connectivity index (χ0n) is 7.29. The van der Waals surface area contributed by atoms with Gasteiger partial charge in [-0.1, -0.05) is 0 Å². The molecule has 0 atom stereocenters. The van der Waals surface area contributed by atoms with Crippen molar-refractivity contribution in [3.8, 4) is 0 Å². The second kappa shape index (κ2) is 4.48. The van der Waals surface area contributed by atoms with E-state index in [0.717, 1.165) is 10.8 Å². The maximum Gasteiger partial charge on any atom is 0.210 e. The molecule has 0 aromatic carbocycles. The fourth-order valence-electron chi connectivity index (χ4n) is 0.890. The number of hydrogen-bond acceptors (Lipinski definition) is 4. The highest BCUT2D eigenvalue weighted by molar-refractivity contribution is 7.13. The molecular weight excluding hydrogens is 196 g/mol. The molecule has 0 aliphatic heterocycles. The highest BCUT2D eigenvalue weighted by Gasteiger charge is 1.88. The van der Waals surface area contributed by atoms with Crippen molar-refractivity contribution in [1.82, 2.24) is 9.97 Å². The number of aromatic nitrogens is 2. The van der Waals surface area contributed by atoms with E-state index >= 15 is 0 Å². The number of nitrogens with one attached hydrogen (secondary N) is 1. The smallest absolute Gasteiger partial charge is 0.210 e. The Morgan fingerprint density at radius 2 is 2.43 bits per heavy atom. The van der Waals surface area contributed by atoms with Crippen molar-refractivity contribution in [2.75, 3.05) is 5.32 Å². The van der Waals surface area contributed by atoms with Crippen LogP contribution in [0.1, 0.15) is 0 Å². The van der Waals surface area contributed by atoms with Gasteiger partial charge in [0, 0.05) is 17.8 Å². The lowest BCUT2D eigenvalue weighted by Crippen LogP contribution is -1.93. The van der Waals surface area contributed by atoms with Gasteiger partial charge >= 0.3 is 0 Å². The van der Waals surface area contributed by atoms with Gasteiger partial charge < -0.3 is 5.32 Å². The molecule has 0 amide bonds. The Labute approximate surface area is 85.4 Å². The van der Waals surface area contributed by atoms with Crippen LogP contribution in [0, 0.1) is 0 Å². The molecule has 1 N–H and O–H groups in total. The van der Waals surface area contributed by atoms with Gasteiger partial charge in [-0.3, -0.25) is 4.98 Å². The first-order chi connectivity index (χ1) is 6.95. The van der Waals surface area contributed by atoms with Gasteiger partial charge in [-0.05, 0) is 12.1 Å². The Morgan fingerprint density at radius 1 is 1.43 bits per heavy atom. The summed E-state index contributed by atoms with van der Waals surface area (Å²) in [7, 11) is 0. The zero-order chi connectivity index (χ0) is 9.64. The molecule has 0 fully saturated rings. The lowest BCUT2D eigenvalue weighted by molar-refractivity contribution is 1.33. The lowest BCUT2D eigenvalue weighted by Gasteiger charge is -1.95. The average molecular weight is 204 g/mol. The van der Waals surface area contributed by atoms with E-state index in [9.17, 15) is 0 Å². The van der Waals surface area contributed by atoms with Gasteiger partial charge in [0.1, 0.15) is 0 Å². The number of anilines is 1. The van der Waals surface area contributed by atoms with Gasteiger partial charge in [-0.25, -0.2) is 9.98 Å². The Hall–Kier alpha value is -1.75. The molecule has 0 radical (unpaired) electrons. The van der Waals surface area contributed by atoms with Gasteiger partial charge in [0.25, 0.3) is 0 Å². The van der Waals surface area contributed by atoms with Crippen molar-refractivity contribution in [1.29, 1.82) is 0 Å². The molecule has 0 spiro atoms. The van der Waals surface area contributed by atoms with E-state index in [-0.39, 0.29) is 0 Å². The molecule has 0 unspecified atom stereocenters. The van der Waals surface area contributed by atoms with E-state index in [4.69, 9.17) is 0 Å². The largest absolute Gasteiger partial charge is 0.345 e. The van der Waals surface area contributed by atoms with Crippen LogP contribution in [0.2, 0.25) is 0 Å². The van der Waals surface area contributed by atoms with E-state index in [0.29, 0.717) is 0 Å². The molecular formula is C9H8N4S. The van der Waals surface area contributed by atoms with Gasteiger partial charge in [0.2, 0.25) is 5.13 Å². The third-order valence-corrected chi connectivity index (χ3v) is 2.17. The molecule has 4 nitrogen and oxygen atoms in total. The molecule has 0 saturated carbocycles. The summed E-state index contributed by atoms with van der Waals surface area (Å²) in [6.07, 6.45) is 6.79. The number of rotatable bonds is 3. The number of thiazole rings is 1. The molecule has 0 bridgehead atoms. The van der Waals surface area contributed by atoms with Gasteiger partial charge in [0.05, 0.1) is 18.2 Å². The van der Waals surface area contributed by atoms with Crippen LogP contribution >= 0.6 is 11.3 Å². The van der Waals surface area contributed by atoms with Crippen molar-refractivity contribution >= 4 is 28.5 Å². The molecule has 0 saturated heterocycles. The summed E-state index contributed by atoms with van der Waals surface area (Å²) in [5.41, 5.74) is 0.910. The van der Waals surface area contributed by atoms with E-state index in [1.807, 2.05) is 17.5 Å². The first kappa shape index (κ1) is 8.83. The normalized spacial score (nSPS) is 10.6. The molecule has 5 heteroatoms. The second-order valence-corrected chi connectivity index (χ2v) is 3.33. The van der Waals surface area contributed by atoms with Gasteiger partial charge in [-0.15, -0.1) is 11.3 Å². The Balaban J connectivity index is 1.95. The van der Waals surface area contributed by atoms with Gasteiger partial charge in [0.15, 0.2) is 0 Å². The SMILES string of the molecule is C(=N\c1nccs1)/Nc1cccnc1. The van der Waals surface area contributed by atoms with Crippen LogP contribution in [0.4, 0.5) is 10.8 Å². The zero-order valence-corrected chi connectivity index (χ0v) is 8.11. The first-order valence-electron chi connectivity index (χ1n) is 4.04. The minimum atomic E-state index is 0.737. The second-order valence-electron chi connectivity index (χ2n) is 2.46. The summed E-state index contributed by atoms with van der Waals surface area (Å²) in [6, 6.07) is 3.78. The molecule has 2 heterocycles. The van der Waals surface area contributed by atoms with E-state index in [2.05, 4.69) is 20.3 Å². The lowest BCUT2D eigenvalue weighted by atomic mass is 10.4. The van der Waals surface area contributed by atoms with E-state index in [1.165, 1.54) is 11.3 Å². The summed E-state index contributed by atoms with van der Waals surface area (Å²) >= 11 is 1.49. The summed E-state index contributed by atoms with van der Waals surface area (Å²) in [5.74, 6) is 0. The quantitative estimate of drug-likeness (QED) is 0.616. The first-order valence-corrected chi connectivity index (χ1v) is 4.92. The molecule has 0 aliphatic carbocycles. The third kappa shape index (κ3) is 2.37. The van der Waals surface area contributed by atoms with Crippen molar-refractivity contribution < 1.29 is 0 Å². The standard InChI is InChI=1S/C9H8N4S/c1-2-8(6-10-3-1)12-7-13-9-11-4-5-14-9/h1-7H,(H,11,12,13). The Morgan fingerprint density at radius 3 is 3.14 bits per heavy atom. The predicted molar refractivity (Wildman–Crippen MR) is 58.1 cm³/mol. The fraction of sp³-hybridized carbons (Fsp3) is 0. The van der Waals surface area contributed by atoms with Crippen molar-refractivity contribution in [2.45, 2.75) is 0 Å². The Kier molecular flexibility index (Phi) is 2.82. The van der Waals surface area contributed by atoms with Crippen LogP contribution in [0.3, 0.4) is 0 Å². The Bertz CT molecular complexity index is 396. The number of pyridine rings is 1. The van der Waals surface area contributed by atoms with Crippen LogP contribution in [-0.4, -0.2) is 16.3 Å². The highest BCUT2D eigenvalue weighted by atomic mass is 32.1. The summed E-state index contributed by atoms with van der Waals surface area (Å²) < 4.78 is 0. The summed E-state index contributed by atoms with van der Waals surface area (Å²) in [5, 5.41) is 5.62. The molecule has 14 heavy (non-hydrogen) atoms. The topological polar surface area (TPSA) is 50.2 Å². The molecule has 70 valence electrons. The van der Waals surface area contributed by atoms with Crippen molar-refractivity contribution in [3.05, 3.63) is 36.1 Å².